The zero-order chi connectivity index (χ0) is 32.6. The summed E-state index contributed by atoms with van der Waals surface area (Å²) in [5.41, 5.74) is 4.18. The Morgan fingerprint density at radius 1 is 0.630 bits per heavy atom. The lowest BCUT2D eigenvalue weighted by Gasteiger charge is -2.36. The van der Waals surface area contributed by atoms with Crippen molar-refractivity contribution in [1.82, 2.24) is 4.90 Å². The van der Waals surface area contributed by atoms with Crippen LogP contribution < -0.4 is 9.64 Å². The van der Waals surface area contributed by atoms with E-state index in [4.69, 9.17) is 9.47 Å². The van der Waals surface area contributed by atoms with Crippen LogP contribution in [0, 0.1) is 0 Å². The SMILES string of the molecule is CCCCCCCCN1CCN(c2ccc(C(=O)Oc3ccc(-c4ccc(C(=O)O[C@H](C)CCCCCC)cc4)cc3)cc2)CC1. The Kier molecular flexibility index (Phi) is 14.6. The summed E-state index contributed by atoms with van der Waals surface area (Å²) in [6.07, 6.45) is 13.5. The van der Waals surface area contributed by atoms with Crippen LogP contribution in [0.25, 0.3) is 11.1 Å². The summed E-state index contributed by atoms with van der Waals surface area (Å²) >= 11 is 0. The van der Waals surface area contributed by atoms with Crippen molar-refractivity contribution < 1.29 is 19.1 Å². The number of rotatable bonds is 18. The fourth-order valence-electron chi connectivity index (χ4n) is 6.00. The topological polar surface area (TPSA) is 59.1 Å². The maximum Gasteiger partial charge on any atom is 0.343 e. The van der Waals surface area contributed by atoms with E-state index in [1.807, 2.05) is 55.5 Å². The summed E-state index contributed by atoms with van der Waals surface area (Å²) in [5, 5.41) is 0. The number of anilines is 1. The first kappa shape index (κ1) is 35.2. The molecule has 1 atom stereocenters. The molecule has 1 aliphatic rings. The second kappa shape index (κ2) is 19.1. The molecule has 1 fully saturated rings. The average molecular weight is 627 g/mol. The van der Waals surface area contributed by atoms with Gasteiger partial charge in [0, 0.05) is 31.9 Å². The number of carbonyl (C=O) groups is 2. The lowest BCUT2D eigenvalue weighted by atomic mass is 10.0. The van der Waals surface area contributed by atoms with E-state index in [1.165, 1.54) is 64.3 Å². The van der Waals surface area contributed by atoms with Crippen LogP contribution in [-0.4, -0.2) is 55.7 Å². The Bertz CT molecular complexity index is 1310. The average Bonchev–Trinajstić information content (AvgIpc) is 3.09. The normalized spacial score (nSPS) is 14.2. The van der Waals surface area contributed by atoms with E-state index < -0.39 is 0 Å². The van der Waals surface area contributed by atoms with E-state index in [9.17, 15) is 9.59 Å². The molecule has 248 valence electrons. The molecule has 46 heavy (non-hydrogen) atoms. The highest BCUT2D eigenvalue weighted by molar-refractivity contribution is 5.92. The third kappa shape index (κ3) is 11.3. The molecular formula is C40H54N2O4. The lowest BCUT2D eigenvalue weighted by Crippen LogP contribution is -2.46. The molecule has 0 radical (unpaired) electrons. The van der Waals surface area contributed by atoms with Crippen LogP contribution in [-0.2, 0) is 4.74 Å². The molecule has 0 aromatic heterocycles. The molecule has 0 aliphatic carbocycles. The second-order valence-corrected chi connectivity index (χ2v) is 12.7. The van der Waals surface area contributed by atoms with Crippen LogP contribution in [0.4, 0.5) is 5.69 Å². The van der Waals surface area contributed by atoms with Crippen LogP contribution in [0.15, 0.2) is 72.8 Å². The van der Waals surface area contributed by atoms with Crippen molar-refractivity contribution in [1.29, 1.82) is 0 Å². The van der Waals surface area contributed by atoms with Crippen molar-refractivity contribution in [3.05, 3.63) is 83.9 Å². The summed E-state index contributed by atoms with van der Waals surface area (Å²) in [7, 11) is 0. The predicted molar refractivity (Wildman–Crippen MR) is 189 cm³/mol. The number of esters is 2. The fourth-order valence-corrected chi connectivity index (χ4v) is 6.00. The second-order valence-electron chi connectivity index (χ2n) is 12.7. The van der Waals surface area contributed by atoms with Crippen LogP contribution in [0.2, 0.25) is 0 Å². The molecule has 4 rings (SSSR count). The van der Waals surface area contributed by atoms with Crippen LogP contribution in [0.3, 0.4) is 0 Å². The van der Waals surface area contributed by atoms with Gasteiger partial charge in [0.1, 0.15) is 5.75 Å². The van der Waals surface area contributed by atoms with Crippen molar-refractivity contribution in [2.45, 2.75) is 97.5 Å². The summed E-state index contributed by atoms with van der Waals surface area (Å²) in [4.78, 5) is 30.4. The summed E-state index contributed by atoms with van der Waals surface area (Å²) in [6, 6.07) is 22.6. The molecule has 0 amide bonds. The lowest BCUT2D eigenvalue weighted by molar-refractivity contribution is 0.0319. The largest absolute Gasteiger partial charge is 0.459 e. The smallest absolute Gasteiger partial charge is 0.343 e. The monoisotopic (exact) mass is 626 g/mol. The highest BCUT2D eigenvalue weighted by atomic mass is 16.5. The van der Waals surface area contributed by atoms with Crippen LogP contribution in [0.5, 0.6) is 5.75 Å². The van der Waals surface area contributed by atoms with E-state index in [-0.39, 0.29) is 18.0 Å². The van der Waals surface area contributed by atoms with Gasteiger partial charge in [0.25, 0.3) is 0 Å². The number of hydrogen-bond donors (Lipinski definition) is 0. The molecule has 1 saturated heterocycles. The number of ether oxygens (including phenoxy) is 2. The molecule has 0 saturated carbocycles. The maximum absolute atomic E-state index is 12.9. The van der Waals surface area contributed by atoms with E-state index in [2.05, 4.69) is 23.6 Å². The first-order valence-corrected chi connectivity index (χ1v) is 17.7. The number of hydrogen-bond acceptors (Lipinski definition) is 6. The van der Waals surface area contributed by atoms with Crippen LogP contribution in [0.1, 0.15) is 112 Å². The van der Waals surface area contributed by atoms with Crippen molar-refractivity contribution in [3.8, 4) is 16.9 Å². The quantitative estimate of drug-likeness (QED) is 0.0796. The number of benzene rings is 3. The molecule has 1 aliphatic heterocycles. The van der Waals surface area contributed by atoms with E-state index in [0.29, 0.717) is 16.9 Å². The van der Waals surface area contributed by atoms with E-state index in [0.717, 1.165) is 55.8 Å². The van der Waals surface area contributed by atoms with Gasteiger partial charge in [-0.2, -0.15) is 0 Å². The first-order chi connectivity index (χ1) is 22.5. The zero-order valence-electron chi connectivity index (χ0n) is 28.3. The summed E-state index contributed by atoms with van der Waals surface area (Å²) in [5.74, 6) is -0.163. The van der Waals surface area contributed by atoms with Gasteiger partial charge in [-0.05, 0) is 92.4 Å². The molecule has 0 spiro atoms. The zero-order valence-corrected chi connectivity index (χ0v) is 28.3. The third-order valence-electron chi connectivity index (χ3n) is 8.96. The number of nitrogens with zero attached hydrogens (tertiary/aromatic N) is 2. The molecular weight excluding hydrogens is 572 g/mol. The van der Waals surface area contributed by atoms with Gasteiger partial charge >= 0.3 is 11.9 Å². The Labute approximate surface area is 277 Å². The van der Waals surface area contributed by atoms with Gasteiger partial charge in [-0.3, -0.25) is 4.90 Å². The van der Waals surface area contributed by atoms with Gasteiger partial charge in [-0.25, -0.2) is 9.59 Å². The minimum atomic E-state index is -0.370. The highest BCUT2D eigenvalue weighted by Gasteiger charge is 2.18. The third-order valence-corrected chi connectivity index (χ3v) is 8.96. The van der Waals surface area contributed by atoms with Gasteiger partial charge in [-0.1, -0.05) is 89.5 Å². The standard InChI is InChI=1S/C40H54N2O4/c1-4-6-8-10-11-13-27-41-28-30-42(31-29-41)37-23-19-36(20-24-37)40(44)46-38-25-21-34(22-26-38)33-15-17-35(18-16-33)39(43)45-32(3)14-12-9-7-5-2/h15-26,32H,4-14,27-31H2,1-3H3/t32-/m1/s1. The number of unbranched alkanes of at least 4 members (excludes halogenated alkanes) is 8. The Hall–Kier alpha value is -3.64. The minimum absolute atomic E-state index is 0.0854. The van der Waals surface area contributed by atoms with E-state index >= 15 is 0 Å². The number of carbonyl (C=O) groups excluding carboxylic acids is 2. The van der Waals surface area contributed by atoms with Gasteiger partial charge in [-0.15, -0.1) is 0 Å². The Balaban J connectivity index is 1.20. The Morgan fingerprint density at radius 2 is 1.15 bits per heavy atom. The molecule has 3 aromatic carbocycles. The minimum Gasteiger partial charge on any atom is -0.459 e. The molecule has 0 N–H and O–H groups in total. The number of piperazine rings is 1. The first-order valence-electron chi connectivity index (χ1n) is 17.7. The Morgan fingerprint density at radius 3 is 1.78 bits per heavy atom. The molecule has 6 nitrogen and oxygen atoms in total. The summed E-state index contributed by atoms with van der Waals surface area (Å²) < 4.78 is 11.3. The van der Waals surface area contributed by atoms with Crippen molar-refractivity contribution in [2.24, 2.45) is 0 Å². The maximum atomic E-state index is 12.9. The molecule has 1 heterocycles. The van der Waals surface area contributed by atoms with E-state index in [1.54, 1.807) is 24.3 Å². The summed E-state index contributed by atoms with van der Waals surface area (Å²) in [6.45, 7) is 11.8. The van der Waals surface area contributed by atoms with Crippen molar-refractivity contribution >= 4 is 17.6 Å². The molecule has 6 heteroatoms. The van der Waals surface area contributed by atoms with Gasteiger partial charge in [0.2, 0.25) is 0 Å². The molecule has 0 bridgehead atoms. The van der Waals surface area contributed by atoms with Gasteiger partial charge < -0.3 is 14.4 Å². The van der Waals surface area contributed by atoms with Crippen molar-refractivity contribution in [3.63, 3.8) is 0 Å². The van der Waals surface area contributed by atoms with Gasteiger partial charge in [0.05, 0.1) is 17.2 Å². The fraction of sp³-hybridized carbons (Fsp3) is 0.500. The van der Waals surface area contributed by atoms with Crippen LogP contribution >= 0.6 is 0 Å². The molecule has 0 unspecified atom stereocenters. The highest BCUT2D eigenvalue weighted by Crippen LogP contribution is 2.25. The van der Waals surface area contributed by atoms with Gasteiger partial charge in [0.15, 0.2) is 0 Å². The predicted octanol–water partition coefficient (Wildman–Crippen LogP) is 9.57. The molecule has 3 aromatic rings. The van der Waals surface area contributed by atoms with Crippen molar-refractivity contribution in [2.75, 3.05) is 37.6 Å².